The number of imidazole rings is 2. The first-order chi connectivity index (χ1) is 19.3. The van der Waals surface area contributed by atoms with Crippen LogP contribution in [0.1, 0.15) is 105 Å². The SMILES string of the molecule is CC.c1cc(-c2ccc(-c3cnc(C4CCCN4)[nH]3)c3c2C2CCC3C2)ccc1-c1cnc(C2CCCN2)[nH]1. The summed E-state index contributed by atoms with van der Waals surface area (Å²) in [6, 6.07) is 14.5. The standard InChI is InChI=1S/C31H34N6.C2H6/c1-3-24(32-13-1)30-34-16-26(36-30)19-7-5-18(6-8-19)22-11-12-23(29-21-10-9-20(15-21)28(22)29)27-17-35-31(37-27)25-4-2-14-33-25;1-2/h5-8,11-12,16-17,20-21,24-25,32-33H,1-4,9-10,13-15H2,(H,34,36)(H,35,37);1-2H3. The lowest BCUT2D eigenvalue weighted by atomic mass is 9.82. The van der Waals surface area contributed by atoms with Crippen molar-refractivity contribution < 1.29 is 0 Å². The van der Waals surface area contributed by atoms with Crippen molar-refractivity contribution in [2.24, 2.45) is 0 Å². The molecule has 39 heavy (non-hydrogen) atoms. The fraction of sp³-hybridized carbons (Fsp3) is 0.455. The number of H-pyrrole nitrogens is 2. The van der Waals surface area contributed by atoms with Gasteiger partial charge in [-0.3, -0.25) is 0 Å². The molecule has 4 aliphatic rings. The normalized spacial score (nSPS) is 25.1. The molecule has 4 atom stereocenters. The summed E-state index contributed by atoms with van der Waals surface area (Å²) in [5.74, 6) is 3.52. The Morgan fingerprint density at radius 2 is 1.15 bits per heavy atom. The molecule has 6 heteroatoms. The molecule has 2 aromatic heterocycles. The quantitative estimate of drug-likeness (QED) is 0.221. The summed E-state index contributed by atoms with van der Waals surface area (Å²) in [5, 5.41) is 7.11. The van der Waals surface area contributed by atoms with E-state index >= 15 is 0 Å². The lowest BCUT2D eigenvalue weighted by Crippen LogP contribution is -2.14. The summed E-state index contributed by atoms with van der Waals surface area (Å²) in [6.07, 6.45) is 12.8. The molecule has 2 aliphatic heterocycles. The van der Waals surface area contributed by atoms with Crippen LogP contribution in [0.2, 0.25) is 0 Å². The predicted molar refractivity (Wildman–Crippen MR) is 158 cm³/mol. The molecule has 1 saturated carbocycles. The maximum atomic E-state index is 4.78. The molecule has 2 saturated heterocycles. The van der Waals surface area contributed by atoms with Crippen molar-refractivity contribution in [3.8, 4) is 33.6 Å². The molecule has 6 nitrogen and oxygen atoms in total. The van der Waals surface area contributed by atoms with Crippen molar-refractivity contribution in [2.75, 3.05) is 13.1 Å². The summed E-state index contributed by atoms with van der Waals surface area (Å²) in [6.45, 7) is 6.17. The van der Waals surface area contributed by atoms with Crippen molar-refractivity contribution in [1.29, 1.82) is 0 Å². The molecule has 4 heterocycles. The van der Waals surface area contributed by atoms with Crippen LogP contribution in [0, 0.1) is 0 Å². The molecule has 4 aromatic rings. The number of nitrogens with one attached hydrogen (secondary N) is 4. The number of hydrogen-bond acceptors (Lipinski definition) is 4. The number of benzene rings is 2. The molecule has 0 amide bonds. The zero-order valence-electron chi connectivity index (χ0n) is 23.2. The first-order valence-corrected chi connectivity index (χ1v) is 15.2. The third-order valence-electron chi connectivity index (χ3n) is 9.31. The number of hydrogen-bond donors (Lipinski definition) is 4. The maximum absolute atomic E-state index is 4.78. The lowest BCUT2D eigenvalue weighted by Gasteiger charge is -2.22. The Balaban J connectivity index is 0.00000124. The lowest BCUT2D eigenvalue weighted by molar-refractivity contribution is 0.613. The largest absolute Gasteiger partial charge is 0.341 e. The van der Waals surface area contributed by atoms with Gasteiger partial charge in [-0.15, -0.1) is 0 Å². The monoisotopic (exact) mass is 520 g/mol. The smallest absolute Gasteiger partial charge is 0.123 e. The number of fused-ring (bicyclic) bond motifs is 5. The second-order valence-corrected chi connectivity index (χ2v) is 11.4. The van der Waals surface area contributed by atoms with Gasteiger partial charge in [0.2, 0.25) is 0 Å². The van der Waals surface area contributed by atoms with Crippen molar-refractivity contribution in [3.63, 3.8) is 0 Å². The summed E-state index contributed by atoms with van der Waals surface area (Å²) < 4.78 is 0. The van der Waals surface area contributed by atoms with E-state index in [-0.39, 0.29) is 0 Å². The van der Waals surface area contributed by atoms with Gasteiger partial charge in [0.05, 0.1) is 35.9 Å². The van der Waals surface area contributed by atoms with Crippen LogP contribution >= 0.6 is 0 Å². The van der Waals surface area contributed by atoms with Crippen LogP contribution in [0.15, 0.2) is 48.8 Å². The highest BCUT2D eigenvalue weighted by Crippen LogP contribution is 2.58. The molecule has 2 aromatic carbocycles. The van der Waals surface area contributed by atoms with E-state index in [4.69, 9.17) is 4.98 Å². The molecule has 2 bridgehead atoms. The second-order valence-electron chi connectivity index (χ2n) is 11.4. The second kappa shape index (κ2) is 10.4. The molecule has 202 valence electrons. The number of nitrogens with zero attached hydrogens (tertiary/aromatic N) is 2. The Labute approximate surface area is 231 Å². The molecule has 8 rings (SSSR count). The zero-order valence-corrected chi connectivity index (χ0v) is 23.2. The van der Waals surface area contributed by atoms with Gasteiger partial charge in [0.1, 0.15) is 11.6 Å². The molecule has 0 spiro atoms. The third kappa shape index (κ3) is 4.34. The van der Waals surface area contributed by atoms with Crippen LogP contribution in [-0.2, 0) is 0 Å². The van der Waals surface area contributed by atoms with Gasteiger partial charge < -0.3 is 20.6 Å². The van der Waals surface area contributed by atoms with E-state index in [1.807, 2.05) is 20.0 Å². The van der Waals surface area contributed by atoms with Gasteiger partial charge in [0, 0.05) is 5.56 Å². The van der Waals surface area contributed by atoms with Crippen molar-refractivity contribution >= 4 is 0 Å². The molecular formula is C33H40N6. The van der Waals surface area contributed by atoms with Gasteiger partial charge in [0.15, 0.2) is 0 Å². The molecular weight excluding hydrogens is 480 g/mol. The first kappa shape index (κ1) is 24.8. The fourth-order valence-corrected chi connectivity index (χ4v) is 7.48. The fourth-order valence-electron chi connectivity index (χ4n) is 7.48. The molecule has 3 fully saturated rings. The van der Waals surface area contributed by atoms with Crippen LogP contribution in [-0.4, -0.2) is 33.0 Å². The summed E-state index contributed by atoms with van der Waals surface area (Å²) in [5.41, 5.74) is 10.7. The van der Waals surface area contributed by atoms with Crippen molar-refractivity contribution in [3.05, 3.63) is 71.6 Å². The van der Waals surface area contributed by atoms with Gasteiger partial charge in [-0.2, -0.15) is 0 Å². The minimum atomic E-state index is 0.366. The average molecular weight is 521 g/mol. The van der Waals surface area contributed by atoms with Gasteiger partial charge in [-0.1, -0.05) is 50.2 Å². The molecule has 2 aliphatic carbocycles. The van der Waals surface area contributed by atoms with E-state index in [9.17, 15) is 0 Å². The highest BCUT2D eigenvalue weighted by Gasteiger charge is 2.40. The van der Waals surface area contributed by atoms with E-state index in [0.717, 1.165) is 36.9 Å². The van der Waals surface area contributed by atoms with Crippen LogP contribution in [0.25, 0.3) is 33.6 Å². The Hall–Kier alpha value is -3.22. The van der Waals surface area contributed by atoms with Crippen LogP contribution in [0.4, 0.5) is 0 Å². The maximum Gasteiger partial charge on any atom is 0.123 e. The van der Waals surface area contributed by atoms with Crippen LogP contribution < -0.4 is 10.6 Å². The minimum Gasteiger partial charge on any atom is -0.341 e. The molecule has 0 radical (unpaired) electrons. The Morgan fingerprint density at radius 3 is 1.77 bits per heavy atom. The summed E-state index contributed by atoms with van der Waals surface area (Å²) >= 11 is 0. The van der Waals surface area contributed by atoms with Crippen LogP contribution in [0.5, 0.6) is 0 Å². The number of aromatic amines is 2. The first-order valence-electron chi connectivity index (χ1n) is 15.2. The third-order valence-corrected chi connectivity index (χ3v) is 9.31. The van der Waals surface area contributed by atoms with Crippen LogP contribution in [0.3, 0.4) is 0 Å². The van der Waals surface area contributed by atoms with Crippen molar-refractivity contribution in [2.45, 2.75) is 82.7 Å². The van der Waals surface area contributed by atoms with Gasteiger partial charge in [0.25, 0.3) is 0 Å². The Morgan fingerprint density at radius 1 is 0.615 bits per heavy atom. The van der Waals surface area contributed by atoms with Gasteiger partial charge >= 0.3 is 0 Å². The highest BCUT2D eigenvalue weighted by molar-refractivity contribution is 5.80. The summed E-state index contributed by atoms with van der Waals surface area (Å²) in [7, 11) is 0. The van der Waals surface area contributed by atoms with E-state index in [0.29, 0.717) is 23.9 Å². The Kier molecular flexibility index (Phi) is 6.61. The van der Waals surface area contributed by atoms with Gasteiger partial charge in [-0.25, -0.2) is 9.97 Å². The van der Waals surface area contributed by atoms with E-state index < -0.39 is 0 Å². The summed E-state index contributed by atoms with van der Waals surface area (Å²) in [4.78, 5) is 16.7. The van der Waals surface area contributed by atoms with Gasteiger partial charge in [-0.05, 0) is 97.7 Å². The van der Waals surface area contributed by atoms with Crippen molar-refractivity contribution in [1.82, 2.24) is 30.6 Å². The minimum absolute atomic E-state index is 0.366. The molecule has 4 N–H and O–H groups in total. The molecule has 4 unspecified atom stereocenters. The average Bonchev–Trinajstić information content (AvgIpc) is 3.84. The Bertz CT molecular complexity index is 1440. The highest BCUT2D eigenvalue weighted by atomic mass is 15.0. The van der Waals surface area contributed by atoms with E-state index in [1.165, 1.54) is 66.5 Å². The number of rotatable bonds is 5. The number of aromatic nitrogens is 4. The predicted octanol–water partition coefficient (Wildman–Crippen LogP) is 7.37. The van der Waals surface area contributed by atoms with E-state index in [1.54, 1.807) is 11.1 Å². The zero-order chi connectivity index (χ0) is 26.3. The van der Waals surface area contributed by atoms with E-state index in [2.05, 4.69) is 68.2 Å². The topological polar surface area (TPSA) is 81.4 Å².